The van der Waals surface area contributed by atoms with E-state index in [-0.39, 0.29) is 17.6 Å². The molecule has 1 aromatic rings. The zero-order valence-electron chi connectivity index (χ0n) is 11.2. The molecule has 0 radical (unpaired) electrons. The Morgan fingerprint density at radius 1 is 1.47 bits per heavy atom. The van der Waals surface area contributed by atoms with Crippen LogP contribution in [0.15, 0.2) is 18.2 Å². The average molecular weight is 266 g/mol. The van der Waals surface area contributed by atoms with Crippen LogP contribution < -0.4 is 15.4 Å². The number of carbonyl (C=O) groups excluding carboxylic acids is 1. The van der Waals surface area contributed by atoms with Crippen molar-refractivity contribution in [3.63, 3.8) is 0 Å². The summed E-state index contributed by atoms with van der Waals surface area (Å²) in [5, 5.41) is 5.98. The number of ether oxygens (including phenoxy) is 1. The molecule has 1 saturated heterocycles. The van der Waals surface area contributed by atoms with E-state index in [2.05, 4.69) is 17.6 Å². The van der Waals surface area contributed by atoms with Gasteiger partial charge in [-0.25, -0.2) is 4.39 Å². The Morgan fingerprint density at radius 2 is 2.26 bits per heavy atom. The number of methoxy groups -OCH3 is 1. The van der Waals surface area contributed by atoms with Gasteiger partial charge in [-0.05, 0) is 31.0 Å². The quantitative estimate of drug-likeness (QED) is 0.880. The molecule has 19 heavy (non-hydrogen) atoms. The number of hydrogen-bond donors (Lipinski definition) is 2. The predicted molar refractivity (Wildman–Crippen MR) is 71.7 cm³/mol. The molecule has 104 valence electrons. The first kappa shape index (κ1) is 13.8. The fourth-order valence-electron chi connectivity index (χ4n) is 2.34. The molecule has 0 bridgehead atoms. The van der Waals surface area contributed by atoms with Crippen LogP contribution in [-0.4, -0.2) is 26.1 Å². The fraction of sp³-hybridized carbons (Fsp3) is 0.500. The van der Waals surface area contributed by atoms with Crippen LogP contribution in [0, 0.1) is 17.7 Å². The second kappa shape index (κ2) is 6.02. The zero-order chi connectivity index (χ0) is 13.8. The molecule has 1 fully saturated rings. The third-order valence-electron chi connectivity index (χ3n) is 3.36. The minimum atomic E-state index is -0.476. The minimum absolute atomic E-state index is 0.0612. The SMILES string of the molecule is COc1ccc(NC(=O)C2CNCC(C)C2)cc1F. The van der Waals surface area contributed by atoms with E-state index >= 15 is 0 Å². The Labute approximate surface area is 112 Å². The van der Waals surface area contributed by atoms with E-state index in [9.17, 15) is 9.18 Å². The number of rotatable bonds is 3. The number of halogens is 1. The van der Waals surface area contributed by atoms with E-state index in [0.717, 1.165) is 13.0 Å². The van der Waals surface area contributed by atoms with Crippen molar-refractivity contribution in [1.29, 1.82) is 0 Å². The molecule has 1 aliphatic rings. The Hall–Kier alpha value is -1.62. The summed E-state index contributed by atoms with van der Waals surface area (Å²) in [6.45, 7) is 3.73. The summed E-state index contributed by atoms with van der Waals surface area (Å²) < 4.78 is 18.4. The maximum absolute atomic E-state index is 13.5. The van der Waals surface area contributed by atoms with Crippen LogP contribution in [0.5, 0.6) is 5.75 Å². The van der Waals surface area contributed by atoms with Crippen LogP contribution in [0.4, 0.5) is 10.1 Å². The molecule has 0 aromatic heterocycles. The van der Waals surface area contributed by atoms with Gasteiger partial charge in [-0.3, -0.25) is 4.79 Å². The summed E-state index contributed by atoms with van der Waals surface area (Å²) in [5.74, 6) is 0.0519. The summed E-state index contributed by atoms with van der Waals surface area (Å²) in [4.78, 5) is 12.1. The van der Waals surface area contributed by atoms with E-state index in [1.165, 1.54) is 19.2 Å². The fourth-order valence-corrected chi connectivity index (χ4v) is 2.34. The molecular formula is C14H19FN2O2. The molecule has 0 saturated carbocycles. The zero-order valence-corrected chi connectivity index (χ0v) is 11.2. The molecule has 1 amide bonds. The largest absolute Gasteiger partial charge is 0.494 e. The van der Waals surface area contributed by atoms with Gasteiger partial charge in [0, 0.05) is 18.3 Å². The van der Waals surface area contributed by atoms with Gasteiger partial charge in [0.2, 0.25) is 5.91 Å². The van der Waals surface area contributed by atoms with Crippen molar-refractivity contribution >= 4 is 11.6 Å². The van der Waals surface area contributed by atoms with Gasteiger partial charge in [-0.15, -0.1) is 0 Å². The third kappa shape index (κ3) is 3.44. The molecule has 2 unspecified atom stereocenters. The van der Waals surface area contributed by atoms with Gasteiger partial charge >= 0.3 is 0 Å². The monoisotopic (exact) mass is 266 g/mol. The normalized spacial score (nSPS) is 22.9. The smallest absolute Gasteiger partial charge is 0.228 e. The van der Waals surface area contributed by atoms with Crippen molar-refractivity contribution in [3.8, 4) is 5.75 Å². The van der Waals surface area contributed by atoms with Crippen molar-refractivity contribution in [2.24, 2.45) is 11.8 Å². The maximum atomic E-state index is 13.5. The van der Waals surface area contributed by atoms with Gasteiger partial charge in [0.15, 0.2) is 11.6 Å². The number of piperidine rings is 1. The van der Waals surface area contributed by atoms with E-state index in [1.54, 1.807) is 6.07 Å². The van der Waals surface area contributed by atoms with Crippen molar-refractivity contribution in [3.05, 3.63) is 24.0 Å². The topological polar surface area (TPSA) is 50.4 Å². The van der Waals surface area contributed by atoms with Gasteiger partial charge in [0.1, 0.15) is 0 Å². The lowest BCUT2D eigenvalue weighted by Crippen LogP contribution is -2.40. The summed E-state index contributed by atoms with van der Waals surface area (Å²) in [5.41, 5.74) is 0.460. The number of anilines is 1. The lowest BCUT2D eigenvalue weighted by Gasteiger charge is -2.26. The van der Waals surface area contributed by atoms with Crippen LogP contribution in [0.1, 0.15) is 13.3 Å². The van der Waals surface area contributed by atoms with E-state index in [4.69, 9.17) is 4.74 Å². The highest BCUT2D eigenvalue weighted by Gasteiger charge is 2.24. The van der Waals surface area contributed by atoms with Gasteiger partial charge in [0.25, 0.3) is 0 Å². The predicted octanol–water partition coefficient (Wildman–Crippen LogP) is 2.02. The number of amides is 1. The van der Waals surface area contributed by atoms with Gasteiger partial charge < -0.3 is 15.4 Å². The Balaban J connectivity index is 2.00. The molecule has 2 rings (SSSR count). The highest BCUT2D eigenvalue weighted by atomic mass is 19.1. The van der Waals surface area contributed by atoms with Crippen molar-refractivity contribution in [2.75, 3.05) is 25.5 Å². The van der Waals surface area contributed by atoms with Gasteiger partial charge in [-0.1, -0.05) is 6.92 Å². The molecule has 1 heterocycles. The second-order valence-electron chi connectivity index (χ2n) is 5.03. The lowest BCUT2D eigenvalue weighted by atomic mass is 9.91. The van der Waals surface area contributed by atoms with E-state index in [0.29, 0.717) is 18.2 Å². The molecule has 1 aliphatic heterocycles. The molecule has 4 nitrogen and oxygen atoms in total. The molecule has 5 heteroatoms. The standard InChI is InChI=1S/C14H19FN2O2/c1-9-5-10(8-16-7-9)14(18)17-11-3-4-13(19-2)12(15)6-11/h3-4,6,9-10,16H,5,7-8H2,1-2H3,(H,17,18). The third-order valence-corrected chi connectivity index (χ3v) is 3.36. The van der Waals surface area contributed by atoms with Crippen molar-refractivity contribution in [2.45, 2.75) is 13.3 Å². The van der Waals surface area contributed by atoms with Gasteiger partial charge in [-0.2, -0.15) is 0 Å². The molecule has 1 aromatic carbocycles. The van der Waals surface area contributed by atoms with Crippen molar-refractivity contribution < 1.29 is 13.9 Å². The minimum Gasteiger partial charge on any atom is -0.494 e. The molecule has 2 N–H and O–H groups in total. The van der Waals surface area contributed by atoms with Crippen LogP contribution in [0.25, 0.3) is 0 Å². The first-order valence-corrected chi connectivity index (χ1v) is 6.45. The maximum Gasteiger partial charge on any atom is 0.228 e. The lowest BCUT2D eigenvalue weighted by molar-refractivity contribution is -0.120. The van der Waals surface area contributed by atoms with Crippen LogP contribution in [0.2, 0.25) is 0 Å². The first-order chi connectivity index (χ1) is 9.10. The second-order valence-corrected chi connectivity index (χ2v) is 5.03. The van der Waals surface area contributed by atoms with E-state index < -0.39 is 5.82 Å². The Bertz CT molecular complexity index is 465. The molecule has 0 aliphatic carbocycles. The number of carbonyl (C=O) groups is 1. The summed E-state index contributed by atoms with van der Waals surface area (Å²) in [7, 11) is 1.41. The Morgan fingerprint density at radius 3 is 2.89 bits per heavy atom. The molecule has 0 spiro atoms. The van der Waals surface area contributed by atoms with Crippen LogP contribution in [0.3, 0.4) is 0 Å². The van der Waals surface area contributed by atoms with E-state index in [1.807, 2.05) is 0 Å². The first-order valence-electron chi connectivity index (χ1n) is 6.45. The highest BCUT2D eigenvalue weighted by Crippen LogP contribution is 2.22. The number of hydrogen-bond acceptors (Lipinski definition) is 3. The van der Waals surface area contributed by atoms with Crippen LogP contribution in [-0.2, 0) is 4.79 Å². The molecular weight excluding hydrogens is 247 g/mol. The summed E-state index contributed by atoms with van der Waals surface area (Å²) in [6, 6.07) is 4.42. The summed E-state index contributed by atoms with van der Waals surface area (Å²) >= 11 is 0. The summed E-state index contributed by atoms with van der Waals surface area (Å²) in [6.07, 6.45) is 0.859. The Kier molecular flexibility index (Phi) is 4.37. The van der Waals surface area contributed by atoms with Crippen LogP contribution >= 0.6 is 0 Å². The highest BCUT2D eigenvalue weighted by molar-refractivity contribution is 5.92. The number of nitrogens with one attached hydrogen (secondary N) is 2. The molecule has 2 atom stereocenters. The van der Waals surface area contributed by atoms with Crippen molar-refractivity contribution in [1.82, 2.24) is 5.32 Å². The van der Waals surface area contributed by atoms with Gasteiger partial charge in [0.05, 0.1) is 13.0 Å². The number of benzene rings is 1. The average Bonchev–Trinajstić information content (AvgIpc) is 2.39.